The molecule has 0 radical (unpaired) electrons. The molecule has 1 N–H and O–H groups in total. The van der Waals surface area contributed by atoms with Crippen LogP contribution in [0.1, 0.15) is 41.5 Å². The van der Waals surface area contributed by atoms with Gasteiger partial charge in [0, 0.05) is 37.5 Å². The van der Waals surface area contributed by atoms with Crippen molar-refractivity contribution in [1.29, 1.82) is 0 Å². The average molecular weight is 445 g/mol. The van der Waals surface area contributed by atoms with Gasteiger partial charge in [0.05, 0.1) is 11.1 Å². The fourth-order valence-corrected chi connectivity index (χ4v) is 2.98. The van der Waals surface area contributed by atoms with Crippen molar-refractivity contribution in [3.05, 3.63) is 59.9 Å². The Labute approximate surface area is 183 Å². The van der Waals surface area contributed by atoms with Crippen LogP contribution in [0.25, 0.3) is 11.4 Å². The summed E-state index contributed by atoms with van der Waals surface area (Å²) >= 11 is 0. The molecule has 0 aliphatic carbocycles. The average Bonchev–Trinajstić information content (AvgIpc) is 2.78. The highest BCUT2D eigenvalue weighted by atomic mass is 19.4. The number of halogens is 3. The van der Waals surface area contributed by atoms with Gasteiger partial charge >= 0.3 is 6.18 Å². The Balaban J connectivity index is 1.88. The van der Waals surface area contributed by atoms with Crippen molar-refractivity contribution in [3.63, 3.8) is 0 Å². The highest BCUT2D eigenvalue weighted by Gasteiger charge is 2.32. The van der Waals surface area contributed by atoms with Crippen LogP contribution in [-0.4, -0.2) is 48.9 Å². The number of hydrogen-bond donors (Lipinski definition) is 1. The first-order valence-electron chi connectivity index (χ1n) is 9.88. The fraction of sp³-hybridized carbons (Fsp3) is 0.333. The van der Waals surface area contributed by atoms with Gasteiger partial charge < -0.3 is 10.2 Å². The smallest absolute Gasteiger partial charge is 0.334 e. The van der Waals surface area contributed by atoms with Crippen molar-refractivity contribution in [2.24, 2.45) is 0 Å². The summed E-state index contributed by atoms with van der Waals surface area (Å²) in [6.45, 7) is 3.69. The Hall–Kier alpha value is -3.63. The van der Waals surface area contributed by atoms with E-state index >= 15 is 0 Å². The van der Waals surface area contributed by atoms with Crippen LogP contribution in [0, 0.1) is 6.92 Å². The van der Waals surface area contributed by atoms with E-state index in [0.29, 0.717) is 42.3 Å². The highest BCUT2D eigenvalue weighted by molar-refractivity contribution is 5.98. The van der Waals surface area contributed by atoms with E-state index in [2.05, 4.69) is 30.2 Å². The van der Waals surface area contributed by atoms with Crippen LogP contribution in [0.3, 0.4) is 0 Å². The minimum Gasteiger partial charge on any atom is -0.334 e. The Morgan fingerprint density at radius 1 is 1.12 bits per heavy atom. The number of anilines is 1. The van der Waals surface area contributed by atoms with Gasteiger partial charge in [0.2, 0.25) is 5.95 Å². The number of nitrogens with one attached hydrogen (secondary N) is 1. The summed E-state index contributed by atoms with van der Waals surface area (Å²) in [5, 5.41) is 2.94. The number of aryl methyl sites for hydroxylation is 1. The topological polar surface area (TPSA) is 96.8 Å². The van der Waals surface area contributed by atoms with E-state index in [4.69, 9.17) is 0 Å². The van der Waals surface area contributed by atoms with Crippen molar-refractivity contribution < 1.29 is 18.0 Å². The van der Waals surface area contributed by atoms with Gasteiger partial charge in [0.25, 0.3) is 5.91 Å². The number of carbonyl (C=O) groups excluding carboxylic acids is 1. The lowest BCUT2D eigenvalue weighted by atomic mass is 10.1. The zero-order valence-electron chi connectivity index (χ0n) is 17.8. The molecular formula is C21H22F3N7O. The van der Waals surface area contributed by atoms with E-state index in [-0.39, 0.29) is 11.6 Å². The molecule has 3 heterocycles. The maximum absolute atomic E-state index is 13.4. The molecule has 0 aromatic carbocycles. The molecule has 168 valence electrons. The van der Waals surface area contributed by atoms with Gasteiger partial charge in [-0.15, -0.1) is 0 Å². The van der Waals surface area contributed by atoms with Gasteiger partial charge in [-0.2, -0.15) is 13.2 Å². The highest BCUT2D eigenvalue weighted by Crippen LogP contribution is 2.28. The molecule has 0 aliphatic heterocycles. The summed E-state index contributed by atoms with van der Waals surface area (Å²) in [6, 6.07) is 5.17. The molecule has 0 unspecified atom stereocenters. The van der Waals surface area contributed by atoms with Gasteiger partial charge in [-0.25, -0.2) is 24.9 Å². The molecule has 0 fully saturated rings. The molecule has 1 atom stereocenters. The number of nitrogens with zero attached hydrogens (tertiary/aromatic N) is 6. The number of aromatic nitrogens is 5. The van der Waals surface area contributed by atoms with Crippen LogP contribution in [0.4, 0.5) is 19.1 Å². The third kappa shape index (κ3) is 5.34. The van der Waals surface area contributed by atoms with Crippen LogP contribution in [0.15, 0.2) is 43.0 Å². The maximum atomic E-state index is 13.4. The zero-order valence-corrected chi connectivity index (χ0v) is 17.8. The molecule has 0 bridgehead atoms. The molecular weight excluding hydrogens is 423 g/mol. The first-order chi connectivity index (χ1) is 15.2. The van der Waals surface area contributed by atoms with E-state index < -0.39 is 23.8 Å². The Morgan fingerprint density at radius 2 is 1.78 bits per heavy atom. The van der Waals surface area contributed by atoms with E-state index in [0.717, 1.165) is 0 Å². The standard InChI is InChI=1S/C21H22F3N7O/c1-4-6-16(30-20-27-11-14(12-28-20)21(22,23)24)31(3)19(32)17-15(8-7-13(2)29-17)18-25-9-5-10-26-18/h5,7-12,16H,4,6H2,1-3H3,(H,27,28,30)/t16-/m0/s1. The lowest BCUT2D eigenvalue weighted by Gasteiger charge is -2.29. The second-order valence-electron chi connectivity index (χ2n) is 7.08. The van der Waals surface area contributed by atoms with Crippen molar-refractivity contribution in [2.45, 2.75) is 39.0 Å². The van der Waals surface area contributed by atoms with Gasteiger partial charge in [-0.1, -0.05) is 13.3 Å². The largest absolute Gasteiger partial charge is 0.419 e. The molecule has 11 heteroatoms. The van der Waals surface area contributed by atoms with Gasteiger partial charge in [0.1, 0.15) is 11.9 Å². The van der Waals surface area contributed by atoms with E-state index in [1.807, 2.05) is 6.92 Å². The van der Waals surface area contributed by atoms with Crippen LogP contribution >= 0.6 is 0 Å². The van der Waals surface area contributed by atoms with Crippen molar-refractivity contribution in [1.82, 2.24) is 29.8 Å². The van der Waals surface area contributed by atoms with Crippen LogP contribution in [0.2, 0.25) is 0 Å². The number of carbonyl (C=O) groups is 1. The van der Waals surface area contributed by atoms with Crippen molar-refractivity contribution in [3.8, 4) is 11.4 Å². The van der Waals surface area contributed by atoms with Gasteiger partial charge in [0.15, 0.2) is 5.82 Å². The molecule has 8 nitrogen and oxygen atoms in total. The first-order valence-corrected chi connectivity index (χ1v) is 9.88. The zero-order chi connectivity index (χ0) is 23.3. The predicted octanol–water partition coefficient (Wildman–Crippen LogP) is 3.97. The third-order valence-electron chi connectivity index (χ3n) is 4.67. The lowest BCUT2D eigenvalue weighted by Crippen LogP contribution is -2.43. The first kappa shape index (κ1) is 23.0. The number of alkyl halides is 3. The predicted molar refractivity (Wildman–Crippen MR) is 111 cm³/mol. The SMILES string of the molecule is CCC[C@@H](Nc1ncc(C(F)(F)F)cn1)N(C)C(=O)c1nc(C)ccc1-c1ncccn1. The summed E-state index contributed by atoms with van der Waals surface area (Å²) in [5.74, 6) is -0.0447. The Morgan fingerprint density at radius 3 is 2.38 bits per heavy atom. The molecule has 3 aromatic rings. The Kier molecular flexibility index (Phi) is 6.96. The van der Waals surface area contributed by atoms with E-state index in [9.17, 15) is 18.0 Å². The molecule has 0 aliphatic rings. The van der Waals surface area contributed by atoms with Crippen molar-refractivity contribution in [2.75, 3.05) is 12.4 Å². The van der Waals surface area contributed by atoms with E-state index in [1.54, 1.807) is 44.6 Å². The monoisotopic (exact) mass is 445 g/mol. The number of rotatable bonds is 7. The molecule has 3 rings (SSSR count). The molecule has 0 saturated carbocycles. The van der Waals surface area contributed by atoms with Crippen molar-refractivity contribution >= 4 is 11.9 Å². The molecule has 1 amide bonds. The van der Waals surface area contributed by atoms with Gasteiger partial charge in [-0.3, -0.25) is 4.79 Å². The minimum atomic E-state index is -4.53. The fourth-order valence-electron chi connectivity index (χ4n) is 2.98. The van der Waals surface area contributed by atoms with E-state index in [1.165, 1.54) is 4.90 Å². The Bertz CT molecular complexity index is 1060. The second kappa shape index (κ2) is 9.67. The maximum Gasteiger partial charge on any atom is 0.419 e. The minimum absolute atomic E-state index is 0.0140. The number of amides is 1. The summed E-state index contributed by atoms with van der Waals surface area (Å²) in [4.78, 5) is 35.1. The van der Waals surface area contributed by atoms with Crippen LogP contribution in [-0.2, 0) is 6.18 Å². The number of hydrogen-bond acceptors (Lipinski definition) is 7. The normalized spacial score (nSPS) is 12.3. The number of pyridine rings is 1. The molecule has 3 aromatic heterocycles. The summed E-state index contributed by atoms with van der Waals surface area (Å²) < 4.78 is 38.3. The quantitative estimate of drug-likeness (QED) is 0.550. The molecule has 32 heavy (non-hydrogen) atoms. The van der Waals surface area contributed by atoms with Gasteiger partial charge in [-0.05, 0) is 31.5 Å². The third-order valence-corrected chi connectivity index (χ3v) is 4.67. The summed E-state index contributed by atoms with van der Waals surface area (Å²) in [5.41, 5.74) is 0.354. The second-order valence-corrected chi connectivity index (χ2v) is 7.08. The van der Waals surface area contributed by atoms with Crippen LogP contribution < -0.4 is 5.32 Å². The molecule has 0 spiro atoms. The molecule has 0 saturated heterocycles. The summed E-state index contributed by atoms with van der Waals surface area (Å²) in [7, 11) is 1.58. The summed E-state index contributed by atoms with van der Waals surface area (Å²) in [6.07, 6.45) is 0.659. The van der Waals surface area contributed by atoms with Crippen LogP contribution in [0.5, 0.6) is 0 Å². The lowest BCUT2D eigenvalue weighted by molar-refractivity contribution is -0.138.